The predicted octanol–water partition coefficient (Wildman–Crippen LogP) is 1.69. The molecule has 0 saturated carbocycles. The summed E-state index contributed by atoms with van der Waals surface area (Å²) in [6.07, 6.45) is 1.82. The average Bonchev–Trinajstić information content (AvgIpc) is 2.37. The van der Waals surface area contributed by atoms with E-state index in [1.165, 1.54) is 0 Å². The number of pyridine rings is 1. The topological polar surface area (TPSA) is 31.4 Å². The van der Waals surface area contributed by atoms with Crippen LogP contribution in [0.4, 0.5) is 0 Å². The van der Waals surface area contributed by atoms with E-state index in [1.807, 2.05) is 25.3 Å². The van der Waals surface area contributed by atoms with Crippen molar-refractivity contribution in [1.82, 2.24) is 4.98 Å². The van der Waals surface area contributed by atoms with E-state index < -0.39 is 0 Å². The lowest BCUT2D eigenvalue weighted by molar-refractivity contribution is 0.00578. The smallest absolute Gasteiger partial charge is 0.399 e. The van der Waals surface area contributed by atoms with Gasteiger partial charge in [0.25, 0.3) is 0 Å². The first-order chi connectivity index (χ1) is 7.32. The maximum absolute atomic E-state index is 5.93. The lowest BCUT2D eigenvalue weighted by Gasteiger charge is -2.32. The Morgan fingerprint density at radius 2 is 1.62 bits per heavy atom. The highest BCUT2D eigenvalue weighted by Gasteiger charge is 2.51. The second kappa shape index (κ2) is 3.57. The third-order valence-electron chi connectivity index (χ3n) is 3.46. The first kappa shape index (κ1) is 11.6. The van der Waals surface area contributed by atoms with Gasteiger partial charge in [-0.1, -0.05) is 6.07 Å². The van der Waals surface area contributed by atoms with Gasteiger partial charge in [0.15, 0.2) is 0 Å². The summed E-state index contributed by atoms with van der Waals surface area (Å²) in [6, 6.07) is 3.98. The van der Waals surface area contributed by atoms with Crippen LogP contribution in [0.25, 0.3) is 0 Å². The highest BCUT2D eigenvalue weighted by atomic mass is 16.7. The van der Waals surface area contributed by atoms with Crippen LogP contribution >= 0.6 is 0 Å². The van der Waals surface area contributed by atoms with E-state index >= 15 is 0 Å². The summed E-state index contributed by atoms with van der Waals surface area (Å²) in [5.41, 5.74) is 1.40. The minimum atomic E-state index is -0.307. The molecule has 86 valence electrons. The molecule has 0 bridgehead atoms. The molecule has 0 radical (unpaired) electrons. The van der Waals surface area contributed by atoms with Crippen molar-refractivity contribution in [2.24, 2.45) is 0 Å². The first-order valence-corrected chi connectivity index (χ1v) is 5.60. The quantitative estimate of drug-likeness (QED) is 0.673. The average molecular weight is 219 g/mol. The van der Waals surface area contributed by atoms with Gasteiger partial charge in [-0.25, -0.2) is 0 Å². The first-order valence-electron chi connectivity index (χ1n) is 5.60. The second-order valence-corrected chi connectivity index (χ2v) is 5.32. The molecular formula is C12H18BNO2. The molecule has 2 heterocycles. The largest absolute Gasteiger partial charge is 0.496 e. The summed E-state index contributed by atoms with van der Waals surface area (Å²) in [4.78, 5) is 4.26. The number of hydrogen-bond donors (Lipinski definition) is 0. The summed E-state index contributed by atoms with van der Waals surface area (Å²) in [6.45, 7) is 10.2. The Hall–Kier alpha value is -0.865. The Morgan fingerprint density at radius 1 is 1.06 bits per heavy atom. The molecule has 0 N–H and O–H groups in total. The van der Waals surface area contributed by atoms with Crippen LogP contribution in [0.15, 0.2) is 18.3 Å². The lowest BCUT2D eigenvalue weighted by Crippen LogP contribution is -2.41. The zero-order valence-electron chi connectivity index (χ0n) is 10.6. The maximum Gasteiger partial charge on any atom is 0.496 e. The predicted molar refractivity (Wildman–Crippen MR) is 64.7 cm³/mol. The molecule has 1 aromatic heterocycles. The minimum absolute atomic E-state index is 0.289. The number of rotatable bonds is 1. The number of nitrogens with zero attached hydrogens (tertiary/aromatic N) is 1. The molecule has 1 fully saturated rings. The molecule has 16 heavy (non-hydrogen) atoms. The second-order valence-electron chi connectivity index (χ2n) is 5.32. The fourth-order valence-corrected chi connectivity index (χ4v) is 1.60. The number of hydrogen-bond acceptors (Lipinski definition) is 3. The van der Waals surface area contributed by atoms with Crippen molar-refractivity contribution in [1.29, 1.82) is 0 Å². The monoisotopic (exact) mass is 219 g/mol. The Labute approximate surface area is 97.3 Å². The standard InChI is InChI=1S/C12H18BNO2/c1-9-6-7-10(8-14-9)13-15-11(2,3)12(4,5)16-13/h6-8H,1-5H3. The fourth-order valence-electron chi connectivity index (χ4n) is 1.60. The van der Waals surface area contributed by atoms with Crippen molar-refractivity contribution in [3.63, 3.8) is 0 Å². The van der Waals surface area contributed by atoms with Gasteiger partial charge in [0, 0.05) is 17.4 Å². The molecular weight excluding hydrogens is 201 g/mol. The van der Waals surface area contributed by atoms with E-state index in [4.69, 9.17) is 9.31 Å². The molecule has 0 spiro atoms. The van der Waals surface area contributed by atoms with Crippen molar-refractivity contribution < 1.29 is 9.31 Å². The van der Waals surface area contributed by atoms with Gasteiger partial charge in [-0.3, -0.25) is 4.98 Å². The Kier molecular flexibility index (Phi) is 2.59. The van der Waals surface area contributed by atoms with Crippen molar-refractivity contribution in [3.05, 3.63) is 24.0 Å². The molecule has 1 aliphatic rings. The van der Waals surface area contributed by atoms with Gasteiger partial charge in [-0.2, -0.15) is 0 Å². The lowest BCUT2D eigenvalue weighted by atomic mass is 9.80. The number of aryl methyl sites for hydroxylation is 1. The Bertz CT molecular complexity index is 371. The zero-order valence-corrected chi connectivity index (χ0v) is 10.6. The molecule has 3 nitrogen and oxygen atoms in total. The normalized spacial score (nSPS) is 22.4. The van der Waals surface area contributed by atoms with Crippen molar-refractivity contribution >= 4 is 12.6 Å². The summed E-state index contributed by atoms with van der Waals surface area (Å²) in [5, 5.41) is 0. The van der Waals surface area contributed by atoms with Crippen LogP contribution in [-0.4, -0.2) is 23.3 Å². The molecule has 1 aromatic rings. The highest BCUT2D eigenvalue weighted by molar-refractivity contribution is 6.62. The summed E-state index contributed by atoms with van der Waals surface area (Å²) in [7, 11) is -0.307. The number of aromatic nitrogens is 1. The Morgan fingerprint density at radius 3 is 2.06 bits per heavy atom. The van der Waals surface area contributed by atoms with Crippen molar-refractivity contribution in [2.45, 2.75) is 45.8 Å². The van der Waals surface area contributed by atoms with Crippen molar-refractivity contribution in [3.8, 4) is 0 Å². The molecule has 1 aliphatic heterocycles. The molecule has 0 amide bonds. The third kappa shape index (κ3) is 1.87. The van der Waals surface area contributed by atoms with E-state index in [-0.39, 0.29) is 18.3 Å². The van der Waals surface area contributed by atoms with Gasteiger partial charge in [0.1, 0.15) is 0 Å². The van der Waals surface area contributed by atoms with Crippen LogP contribution in [0.3, 0.4) is 0 Å². The third-order valence-corrected chi connectivity index (χ3v) is 3.46. The van der Waals surface area contributed by atoms with Crippen LogP contribution in [0.5, 0.6) is 0 Å². The summed E-state index contributed by atoms with van der Waals surface area (Å²) >= 11 is 0. The van der Waals surface area contributed by atoms with Gasteiger partial charge in [-0.05, 0) is 40.7 Å². The SMILES string of the molecule is Cc1ccc(B2OC(C)(C)C(C)(C)O2)cn1. The molecule has 2 rings (SSSR count). The van der Waals surface area contributed by atoms with Crippen LogP contribution in [-0.2, 0) is 9.31 Å². The van der Waals surface area contributed by atoms with Gasteiger partial charge in [0.2, 0.25) is 0 Å². The van der Waals surface area contributed by atoms with Gasteiger partial charge in [0.05, 0.1) is 11.2 Å². The van der Waals surface area contributed by atoms with E-state index in [2.05, 4.69) is 32.7 Å². The highest BCUT2D eigenvalue weighted by Crippen LogP contribution is 2.36. The van der Waals surface area contributed by atoms with Crippen LogP contribution < -0.4 is 5.46 Å². The maximum atomic E-state index is 5.93. The molecule has 4 heteroatoms. The zero-order chi connectivity index (χ0) is 12.0. The molecule has 0 unspecified atom stereocenters. The van der Waals surface area contributed by atoms with E-state index in [1.54, 1.807) is 0 Å². The molecule has 1 saturated heterocycles. The molecule has 0 aliphatic carbocycles. The van der Waals surface area contributed by atoms with Crippen LogP contribution in [0.2, 0.25) is 0 Å². The molecule has 0 atom stereocenters. The Balaban J connectivity index is 2.23. The summed E-state index contributed by atoms with van der Waals surface area (Å²) in [5.74, 6) is 0. The van der Waals surface area contributed by atoms with Gasteiger partial charge >= 0.3 is 7.12 Å². The van der Waals surface area contributed by atoms with E-state index in [9.17, 15) is 0 Å². The van der Waals surface area contributed by atoms with Gasteiger partial charge < -0.3 is 9.31 Å². The van der Waals surface area contributed by atoms with Gasteiger partial charge in [-0.15, -0.1) is 0 Å². The minimum Gasteiger partial charge on any atom is -0.399 e. The molecule has 0 aromatic carbocycles. The fraction of sp³-hybridized carbons (Fsp3) is 0.583. The van der Waals surface area contributed by atoms with E-state index in [0.29, 0.717) is 0 Å². The van der Waals surface area contributed by atoms with E-state index in [0.717, 1.165) is 11.2 Å². The van der Waals surface area contributed by atoms with Crippen LogP contribution in [0, 0.1) is 6.92 Å². The summed E-state index contributed by atoms with van der Waals surface area (Å²) < 4.78 is 11.9. The van der Waals surface area contributed by atoms with Crippen molar-refractivity contribution in [2.75, 3.05) is 0 Å². The van der Waals surface area contributed by atoms with Crippen LogP contribution in [0.1, 0.15) is 33.4 Å².